The smallest absolute Gasteiger partial charge is 0.240 e. The van der Waals surface area contributed by atoms with Crippen LogP contribution in [0.2, 0.25) is 0 Å². The molecule has 0 aliphatic heterocycles. The summed E-state index contributed by atoms with van der Waals surface area (Å²) in [6, 6.07) is 19.7. The number of rotatable bonds is 9. The molecule has 0 saturated heterocycles. The quantitative estimate of drug-likeness (QED) is 0.558. The highest BCUT2D eigenvalue weighted by Gasteiger charge is 2.15. The van der Waals surface area contributed by atoms with E-state index in [1.807, 2.05) is 37.3 Å². The number of benzene rings is 3. The fourth-order valence-electron chi connectivity index (χ4n) is 2.84. The summed E-state index contributed by atoms with van der Waals surface area (Å²) >= 11 is 0. The molecule has 6 nitrogen and oxygen atoms in total. The van der Waals surface area contributed by atoms with Crippen LogP contribution in [-0.4, -0.2) is 27.5 Å². The van der Waals surface area contributed by atoms with E-state index in [1.54, 1.807) is 36.4 Å². The Bertz CT molecular complexity index is 1100. The molecule has 0 unspecified atom stereocenters. The van der Waals surface area contributed by atoms with Gasteiger partial charge in [-0.25, -0.2) is 13.1 Å². The van der Waals surface area contributed by atoms with Crippen LogP contribution < -0.4 is 14.8 Å². The highest BCUT2D eigenvalue weighted by atomic mass is 32.2. The molecule has 0 bridgehead atoms. The van der Waals surface area contributed by atoms with Crippen molar-refractivity contribution in [2.75, 3.05) is 18.5 Å². The van der Waals surface area contributed by atoms with Crippen molar-refractivity contribution in [2.45, 2.75) is 24.7 Å². The monoisotopic (exact) mass is 412 g/mol. The van der Waals surface area contributed by atoms with Crippen molar-refractivity contribution in [3.63, 3.8) is 0 Å². The average Bonchev–Trinajstić information content (AvgIpc) is 2.72. The van der Waals surface area contributed by atoms with Gasteiger partial charge in [0.15, 0.2) is 0 Å². The van der Waals surface area contributed by atoms with Crippen LogP contribution in [0.25, 0.3) is 10.8 Å². The Morgan fingerprint density at radius 3 is 2.48 bits per heavy atom. The molecule has 0 aliphatic carbocycles. The van der Waals surface area contributed by atoms with Gasteiger partial charge in [-0.05, 0) is 41.5 Å². The van der Waals surface area contributed by atoms with E-state index in [0.717, 1.165) is 17.2 Å². The van der Waals surface area contributed by atoms with Gasteiger partial charge in [-0.3, -0.25) is 4.79 Å². The number of para-hydroxylation sites is 2. The average molecular weight is 413 g/mol. The van der Waals surface area contributed by atoms with Gasteiger partial charge in [-0.1, -0.05) is 49.4 Å². The third-order valence-electron chi connectivity index (χ3n) is 4.30. The van der Waals surface area contributed by atoms with Crippen molar-refractivity contribution in [1.29, 1.82) is 0 Å². The van der Waals surface area contributed by atoms with Crippen LogP contribution in [0.5, 0.6) is 5.75 Å². The number of hydrogen-bond donors (Lipinski definition) is 2. The lowest BCUT2D eigenvalue weighted by Crippen LogP contribution is -2.28. The first-order valence-corrected chi connectivity index (χ1v) is 11.0. The minimum atomic E-state index is -3.70. The standard InChI is InChI=1S/C22H24N2O4S/c1-2-15-28-21-10-6-5-9-20(21)24-22(25)13-14-23-29(26,27)19-12-11-17-7-3-4-8-18(17)16-19/h3-12,16,23H,2,13-15H2,1H3,(H,24,25). The molecule has 152 valence electrons. The zero-order valence-electron chi connectivity index (χ0n) is 16.2. The van der Waals surface area contributed by atoms with E-state index < -0.39 is 10.0 Å². The molecular formula is C22H24N2O4S. The normalized spacial score (nSPS) is 11.3. The van der Waals surface area contributed by atoms with Crippen LogP contribution in [0.1, 0.15) is 19.8 Å². The van der Waals surface area contributed by atoms with E-state index in [9.17, 15) is 13.2 Å². The summed E-state index contributed by atoms with van der Waals surface area (Å²) in [4.78, 5) is 12.4. The molecule has 3 aromatic carbocycles. The van der Waals surface area contributed by atoms with Crippen molar-refractivity contribution in [1.82, 2.24) is 4.72 Å². The van der Waals surface area contributed by atoms with Gasteiger partial charge in [-0.15, -0.1) is 0 Å². The maximum Gasteiger partial charge on any atom is 0.240 e. The molecule has 0 radical (unpaired) electrons. The van der Waals surface area contributed by atoms with E-state index in [1.165, 1.54) is 0 Å². The van der Waals surface area contributed by atoms with Crippen molar-refractivity contribution in [2.24, 2.45) is 0 Å². The molecule has 0 atom stereocenters. The molecule has 0 aromatic heterocycles. The van der Waals surface area contributed by atoms with Crippen LogP contribution in [0, 0.1) is 0 Å². The molecule has 29 heavy (non-hydrogen) atoms. The predicted molar refractivity (Wildman–Crippen MR) is 115 cm³/mol. The Morgan fingerprint density at radius 1 is 0.966 bits per heavy atom. The molecular weight excluding hydrogens is 388 g/mol. The molecule has 0 aliphatic rings. The van der Waals surface area contributed by atoms with Gasteiger partial charge in [0, 0.05) is 13.0 Å². The summed E-state index contributed by atoms with van der Waals surface area (Å²) in [5, 5.41) is 4.58. The highest BCUT2D eigenvalue weighted by molar-refractivity contribution is 7.89. The first-order chi connectivity index (χ1) is 14.0. The van der Waals surface area contributed by atoms with Gasteiger partial charge in [0.25, 0.3) is 0 Å². The second kappa shape index (κ2) is 9.54. The molecule has 0 fully saturated rings. The van der Waals surface area contributed by atoms with Crippen LogP contribution in [-0.2, 0) is 14.8 Å². The maximum atomic E-state index is 12.5. The molecule has 0 spiro atoms. The number of ether oxygens (including phenoxy) is 1. The minimum Gasteiger partial charge on any atom is -0.491 e. The second-order valence-corrected chi connectivity index (χ2v) is 8.32. The molecule has 3 aromatic rings. The zero-order chi connectivity index (χ0) is 20.7. The van der Waals surface area contributed by atoms with Gasteiger partial charge in [0.2, 0.25) is 15.9 Å². The van der Waals surface area contributed by atoms with Gasteiger partial charge in [-0.2, -0.15) is 0 Å². The SMILES string of the molecule is CCCOc1ccccc1NC(=O)CCNS(=O)(=O)c1ccc2ccccc2c1. The Morgan fingerprint density at radius 2 is 1.69 bits per heavy atom. The number of sulfonamides is 1. The van der Waals surface area contributed by atoms with Crippen LogP contribution >= 0.6 is 0 Å². The lowest BCUT2D eigenvalue weighted by molar-refractivity contribution is -0.116. The maximum absolute atomic E-state index is 12.5. The topological polar surface area (TPSA) is 84.5 Å². The first kappa shape index (κ1) is 20.8. The number of carbonyl (C=O) groups is 1. The van der Waals surface area contributed by atoms with Gasteiger partial charge in [0.05, 0.1) is 17.2 Å². The van der Waals surface area contributed by atoms with E-state index in [4.69, 9.17) is 4.74 Å². The second-order valence-electron chi connectivity index (χ2n) is 6.55. The summed E-state index contributed by atoms with van der Waals surface area (Å²) in [6.07, 6.45) is 0.869. The zero-order valence-corrected chi connectivity index (χ0v) is 17.0. The number of nitrogens with one attached hydrogen (secondary N) is 2. The Hall–Kier alpha value is -2.90. The largest absolute Gasteiger partial charge is 0.491 e. The molecule has 0 heterocycles. The fourth-order valence-corrected chi connectivity index (χ4v) is 3.90. The van der Waals surface area contributed by atoms with Crippen LogP contribution in [0.15, 0.2) is 71.6 Å². The third-order valence-corrected chi connectivity index (χ3v) is 5.76. The minimum absolute atomic E-state index is 0.00101. The number of amides is 1. The van der Waals surface area contributed by atoms with Crippen LogP contribution in [0.3, 0.4) is 0 Å². The summed E-state index contributed by atoms with van der Waals surface area (Å²) in [7, 11) is -3.70. The van der Waals surface area contributed by atoms with Gasteiger partial charge < -0.3 is 10.1 Å². The molecule has 3 rings (SSSR count). The fraction of sp³-hybridized carbons (Fsp3) is 0.227. The van der Waals surface area contributed by atoms with Crippen molar-refractivity contribution in [3.05, 3.63) is 66.7 Å². The van der Waals surface area contributed by atoms with Gasteiger partial charge in [0.1, 0.15) is 5.75 Å². The first-order valence-electron chi connectivity index (χ1n) is 9.50. The lowest BCUT2D eigenvalue weighted by atomic mass is 10.1. The van der Waals surface area contributed by atoms with Crippen molar-refractivity contribution >= 4 is 32.4 Å². The Balaban J connectivity index is 1.58. The summed E-state index contributed by atoms with van der Waals surface area (Å²) in [5.74, 6) is 0.304. The van der Waals surface area contributed by atoms with Crippen molar-refractivity contribution in [3.8, 4) is 5.75 Å². The molecule has 1 amide bonds. The lowest BCUT2D eigenvalue weighted by Gasteiger charge is -2.12. The Kier molecular flexibility index (Phi) is 6.85. The summed E-state index contributed by atoms with van der Waals surface area (Å²) in [6.45, 7) is 2.56. The van der Waals surface area contributed by atoms with E-state index >= 15 is 0 Å². The number of hydrogen-bond acceptors (Lipinski definition) is 4. The number of carbonyl (C=O) groups excluding carboxylic acids is 1. The number of anilines is 1. The Labute approximate surface area is 170 Å². The predicted octanol–water partition coefficient (Wildman–Crippen LogP) is 3.94. The molecule has 2 N–H and O–H groups in total. The molecule has 0 saturated carbocycles. The summed E-state index contributed by atoms with van der Waals surface area (Å²) in [5.41, 5.74) is 0.573. The van der Waals surface area contributed by atoms with E-state index in [-0.39, 0.29) is 23.8 Å². The van der Waals surface area contributed by atoms with Gasteiger partial charge >= 0.3 is 0 Å². The summed E-state index contributed by atoms with van der Waals surface area (Å²) < 4.78 is 33.1. The van der Waals surface area contributed by atoms with E-state index in [0.29, 0.717) is 18.0 Å². The highest BCUT2D eigenvalue weighted by Crippen LogP contribution is 2.24. The molecule has 7 heteroatoms. The van der Waals surface area contributed by atoms with E-state index in [2.05, 4.69) is 10.0 Å². The van der Waals surface area contributed by atoms with Crippen molar-refractivity contribution < 1.29 is 17.9 Å². The number of fused-ring (bicyclic) bond motifs is 1. The van der Waals surface area contributed by atoms with Crippen LogP contribution in [0.4, 0.5) is 5.69 Å². The third kappa shape index (κ3) is 5.56.